The maximum atomic E-state index is 11.8. The molecule has 1 heterocycles. The molecule has 5 nitrogen and oxygen atoms in total. The molecule has 1 amide bonds. The Bertz CT molecular complexity index is 508. The third-order valence-corrected chi connectivity index (χ3v) is 3.94. The van der Waals surface area contributed by atoms with Crippen molar-refractivity contribution < 1.29 is 14.6 Å². The van der Waals surface area contributed by atoms with E-state index in [1.165, 1.54) is 5.69 Å². The van der Waals surface area contributed by atoms with Gasteiger partial charge in [0.1, 0.15) is 5.60 Å². The van der Waals surface area contributed by atoms with Crippen LogP contribution in [0.3, 0.4) is 0 Å². The monoisotopic (exact) mass is 320 g/mol. The molecule has 2 rings (SSSR count). The van der Waals surface area contributed by atoms with Crippen molar-refractivity contribution in [2.75, 3.05) is 24.5 Å². The van der Waals surface area contributed by atoms with Crippen molar-refractivity contribution in [2.24, 2.45) is 5.92 Å². The molecule has 0 spiro atoms. The summed E-state index contributed by atoms with van der Waals surface area (Å²) in [4.78, 5) is 14.1. The van der Waals surface area contributed by atoms with Crippen molar-refractivity contribution in [2.45, 2.75) is 45.8 Å². The minimum atomic E-state index is -0.461. The van der Waals surface area contributed by atoms with Gasteiger partial charge < -0.3 is 20.1 Å². The summed E-state index contributed by atoms with van der Waals surface area (Å²) in [6.07, 6.45) is 1.88. The van der Waals surface area contributed by atoms with Crippen molar-refractivity contribution in [3.05, 3.63) is 29.8 Å². The largest absolute Gasteiger partial charge is 0.444 e. The molecule has 23 heavy (non-hydrogen) atoms. The number of nitrogens with one attached hydrogen (secondary N) is 1. The van der Waals surface area contributed by atoms with Gasteiger partial charge in [-0.2, -0.15) is 0 Å². The maximum Gasteiger partial charge on any atom is 0.407 e. The first-order valence-electron chi connectivity index (χ1n) is 8.29. The number of hydrogen-bond acceptors (Lipinski definition) is 4. The summed E-state index contributed by atoms with van der Waals surface area (Å²) in [6.45, 7) is 8.26. The Hall–Kier alpha value is -1.75. The molecule has 1 aromatic carbocycles. The van der Waals surface area contributed by atoms with Gasteiger partial charge in [-0.05, 0) is 57.2 Å². The van der Waals surface area contributed by atoms with E-state index in [0.29, 0.717) is 12.5 Å². The van der Waals surface area contributed by atoms with Crippen LogP contribution in [0, 0.1) is 5.92 Å². The number of anilines is 1. The number of carbonyl (C=O) groups excluding carboxylic acids is 1. The van der Waals surface area contributed by atoms with Crippen molar-refractivity contribution in [1.82, 2.24) is 5.32 Å². The summed E-state index contributed by atoms with van der Waals surface area (Å²) in [5.74, 6) is 0.425. The molecule has 1 saturated heterocycles. The van der Waals surface area contributed by atoms with E-state index in [9.17, 15) is 4.79 Å². The molecule has 0 unspecified atom stereocenters. The summed E-state index contributed by atoms with van der Waals surface area (Å²) in [7, 11) is 0. The van der Waals surface area contributed by atoms with Gasteiger partial charge in [0.15, 0.2) is 0 Å². The summed E-state index contributed by atoms with van der Waals surface area (Å²) in [5.41, 5.74) is 1.63. The van der Waals surface area contributed by atoms with Crippen LogP contribution in [0.15, 0.2) is 24.3 Å². The van der Waals surface area contributed by atoms with Crippen LogP contribution in [0.2, 0.25) is 0 Å². The molecule has 2 N–H and O–H groups in total. The summed E-state index contributed by atoms with van der Waals surface area (Å²) in [5, 5.41) is 12.0. The van der Waals surface area contributed by atoms with Crippen LogP contribution in [0.4, 0.5) is 10.5 Å². The van der Waals surface area contributed by atoms with E-state index in [2.05, 4.69) is 22.3 Å². The van der Waals surface area contributed by atoms with E-state index in [4.69, 9.17) is 9.84 Å². The molecule has 1 atom stereocenters. The Morgan fingerprint density at radius 2 is 2.04 bits per heavy atom. The molecular weight excluding hydrogens is 292 g/mol. The summed E-state index contributed by atoms with van der Waals surface area (Å²) in [6, 6.07) is 8.01. The van der Waals surface area contributed by atoms with Crippen LogP contribution in [-0.2, 0) is 11.3 Å². The number of alkyl carbamates (subject to hydrolysis) is 1. The average molecular weight is 320 g/mol. The Morgan fingerprint density at radius 1 is 1.35 bits per heavy atom. The molecule has 0 aliphatic carbocycles. The van der Waals surface area contributed by atoms with Crippen molar-refractivity contribution in [3.63, 3.8) is 0 Å². The predicted octanol–water partition coefficient (Wildman–Crippen LogP) is 2.92. The number of benzene rings is 1. The maximum absolute atomic E-state index is 11.8. The highest BCUT2D eigenvalue weighted by molar-refractivity contribution is 5.67. The van der Waals surface area contributed by atoms with Crippen LogP contribution < -0.4 is 10.2 Å². The number of hydrogen-bond donors (Lipinski definition) is 2. The zero-order valence-corrected chi connectivity index (χ0v) is 14.3. The third-order valence-electron chi connectivity index (χ3n) is 3.94. The van der Waals surface area contributed by atoms with Gasteiger partial charge in [0, 0.05) is 25.3 Å². The Morgan fingerprint density at radius 3 is 2.65 bits per heavy atom. The second kappa shape index (κ2) is 7.68. The van der Waals surface area contributed by atoms with E-state index in [1.807, 2.05) is 32.9 Å². The number of nitrogens with zero attached hydrogens (tertiary/aromatic N) is 1. The first-order chi connectivity index (χ1) is 10.9. The number of amides is 1. The van der Waals surface area contributed by atoms with Gasteiger partial charge in [-0.15, -0.1) is 0 Å². The molecule has 0 aromatic heterocycles. The SMILES string of the molecule is CC(C)(C)OC(=O)NC[C@@H]1CCCN(c2ccc(CO)cc2)C1. The number of aliphatic hydroxyl groups is 1. The molecule has 1 aromatic rings. The number of rotatable bonds is 4. The first kappa shape index (κ1) is 17.6. The zero-order chi connectivity index (χ0) is 16.9. The van der Waals surface area contributed by atoms with Crippen molar-refractivity contribution in [1.29, 1.82) is 0 Å². The minimum absolute atomic E-state index is 0.0721. The van der Waals surface area contributed by atoms with Crippen molar-refractivity contribution >= 4 is 11.8 Å². The van der Waals surface area contributed by atoms with Crippen LogP contribution >= 0.6 is 0 Å². The molecule has 1 aliphatic heterocycles. The minimum Gasteiger partial charge on any atom is -0.444 e. The van der Waals surface area contributed by atoms with Crippen LogP contribution in [-0.4, -0.2) is 36.4 Å². The molecule has 1 fully saturated rings. The first-order valence-corrected chi connectivity index (χ1v) is 8.29. The van der Waals surface area contributed by atoms with E-state index < -0.39 is 5.60 Å². The summed E-state index contributed by atoms with van der Waals surface area (Å²) >= 11 is 0. The third kappa shape index (κ3) is 5.75. The smallest absolute Gasteiger partial charge is 0.407 e. The fraction of sp³-hybridized carbons (Fsp3) is 0.611. The number of aliphatic hydroxyl groups excluding tert-OH is 1. The molecule has 1 aliphatic rings. The molecule has 5 heteroatoms. The molecule has 128 valence electrons. The Labute approximate surface area is 138 Å². The van der Waals surface area contributed by atoms with Crippen LogP contribution in [0.25, 0.3) is 0 Å². The predicted molar refractivity (Wildman–Crippen MR) is 91.5 cm³/mol. The number of piperidine rings is 1. The number of carbonyl (C=O) groups is 1. The topological polar surface area (TPSA) is 61.8 Å². The van der Waals surface area contributed by atoms with Gasteiger partial charge in [-0.3, -0.25) is 0 Å². The Kier molecular flexibility index (Phi) is 5.88. The van der Waals surface area contributed by atoms with E-state index in [1.54, 1.807) is 0 Å². The fourth-order valence-corrected chi connectivity index (χ4v) is 2.82. The van der Waals surface area contributed by atoms with Crippen LogP contribution in [0.5, 0.6) is 0 Å². The van der Waals surface area contributed by atoms with Gasteiger partial charge >= 0.3 is 6.09 Å². The zero-order valence-electron chi connectivity index (χ0n) is 14.3. The molecule has 0 bridgehead atoms. The van der Waals surface area contributed by atoms with Crippen LogP contribution in [0.1, 0.15) is 39.2 Å². The van der Waals surface area contributed by atoms with Gasteiger partial charge in [0.25, 0.3) is 0 Å². The second-order valence-corrected chi connectivity index (χ2v) is 7.16. The lowest BCUT2D eigenvalue weighted by Gasteiger charge is -2.34. The van der Waals surface area contributed by atoms with Gasteiger partial charge in [-0.1, -0.05) is 12.1 Å². The molecule has 0 saturated carbocycles. The highest BCUT2D eigenvalue weighted by Gasteiger charge is 2.22. The van der Waals surface area contributed by atoms with E-state index in [-0.39, 0.29) is 12.7 Å². The Balaban J connectivity index is 1.84. The fourth-order valence-electron chi connectivity index (χ4n) is 2.82. The average Bonchev–Trinajstić information content (AvgIpc) is 2.52. The van der Waals surface area contributed by atoms with Crippen molar-refractivity contribution in [3.8, 4) is 0 Å². The lowest BCUT2D eigenvalue weighted by Crippen LogP contribution is -2.42. The lowest BCUT2D eigenvalue weighted by molar-refractivity contribution is 0.0517. The molecular formula is C18H28N2O3. The van der Waals surface area contributed by atoms with Gasteiger partial charge in [0.05, 0.1) is 6.61 Å². The normalized spacial score (nSPS) is 18.6. The molecule has 0 radical (unpaired) electrons. The lowest BCUT2D eigenvalue weighted by atomic mass is 9.97. The van der Waals surface area contributed by atoms with Gasteiger partial charge in [-0.25, -0.2) is 4.79 Å². The van der Waals surface area contributed by atoms with E-state index in [0.717, 1.165) is 31.5 Å². The quantitative estimate of drug-likeness (QED) is 0.895. The van der Waals surface area contributed by atoms with Gasteiger partial charge in [0.2, 0.25) is 0 Å². The number of ether oxygens (including phenoxy) is 1. The second-order valence-electron chi connectivity index (χ2n) is 7.16. The van der Waals surface area contributed by atoms with E-state index >= 15 is 0 Å². The highest BCUT2D eigenvalue weighted by Crippen LogP contribution is 2.23. The standard InChI is InChI=1S/C18H28N2O3/c1-18(2,3)23-17(22)19-11-15-5-4-10-20(12-15)16-8-6-14(13-21)7-9-16/h6-9,15,21H,4-5,10-13H2,1-3H3,(H,19,22)/t15-/m0/s1. The summed E-state index contributed by atoms with van der Waals surface area (Å²) < 4.78 is 5.28. The highest BCUT2D eigenvalue weighted by atomic mass is 16.6.